The molecule has 1 aromatic carbocycles. The average Bonchev–Trinajstić information content (AvgIpc) is 2.64. The monoisotopic (exact) mass is 533 g/mol. The van der Waals surface area contributed by atoms with Gasteiger partial charge in [-0.15, -0.1) is 0 Å². The maximum atomic E-state index is 12.8. The summed E-state index contributed by atoms with van der Waals surface area (Å²) >= 11 is 6.69. The van der Waals surface area contributed by atoms with E-state index in [1.165, 1.54) is 6.26 Å². The van der Waals surface area contributed by atoms with E-state index >= 15 is 0 Å². The number of fused-ring (bicyclic) bond motifs is 2. The quantitative estimate of drug-likeness (QED) is 0.538. The van der Waals surface area contributed by atoms with Gasteiger partial charge in [0, 0.05) is 36.1 Å². The van der Waals surface area contributed by atoms with E-state index in [9.17, 15) is 22.8 Å². The van der Waals surface area contributed by atoms with Gasteiger partial charge in [-0.3, -0.25) is 14.5 Å². The highest BCUT2D eigenvalue weighted by atomic mass is 79.9. The molecule has 0 amide bonds. The molecule has 152 valence electrons. The van der Waals surface area contributed by atoms with Crippen molar-refractivity contribution in [2.24, 2.45) is 0 Å². The topological polar surface area (TPSA) is 79.2 Å². The molecule has 1 aliphatic heterocycles. The van der Waals surface area contributed by atoms with Crippen molar-refractivity contribution in [1.29, 1.82) is 0 Å². The molecule has 1 N–H and O–H groups in total. The summed E-state index contributed by atoms with van der Waals surface area (Å²) in [7, 11) is 0. The first kappa shape index (κ1) is 20.3. The molecule has 4 rings (SSSR count). The number of halogens is 5. The van der Waals surface area contributed by atoms with Crippen molar-refractivity contribution in [3.63, 3.8) is 0 Å². The fourth-order valence-electron chi connectivity index (χ4n) is 3.31. The van der Waals surface area contributed by atoms with Crippen LogP contribution in [0.4, 0.5) is 13.2 Å². The minimum Gasteiger partial charge on any atom is -0.463 e. The second-order valence-electron chi connectivity index (χ2n) is 6.65. The lowest BCUT2D eigenvalue weighted by atomic mass is 10.1. The summed E-state index contributed by atoms with van der Waals surface area (Å²) < 4.78 is 45.5. The Bertz CT molecular complexity index is 1240. The van der Waals surface area contributed by atoms with Crippen LogP contribution < -0.4 is 11.0 Å². The molecule has 3 aromatic rings. The number of aromatic nitrogens is 2. The van der Waals surface area contributed by atoms with E-state index in [2.05, 4.69) is 36.8 Å². The number of rotatable bonds is 2. The Labute approximate surface area is 178 Å². The van der Waals surface area contributed by atoms with Crippen LogP contribution in [0.1, 0.15) is 22.6 Å². The summed E-state index contributed by atoms with van der Waals surface area (Å²) in [5.41, 5.74) is 0.105. The number of nitrogens with one attached hydrogen (secondary N) is 1. The molecule has 3 heterocycles. The van der Waals surface area contributed by atoms with E-state index in [0.29, 0.717) is 32.0 Å². The largest absolute Gasteiger partial charge is 0.463 e. The fraction of sp³-hybridized carbons (Fsp3) is 0.278. The Morgan fingerprint density at radius 3 is 2.72 bits per heavy atom. The lowest BCUT2D eigenvalue weighted by Gasteiger charge is -2.27. The van der Waals surface area contributed by atoms with Gasteiger partial charge < -0.3 is 9.40 Å². The first-order valence-corrected chi connectivity index (χ1v) is 10.0. The van der Waals surface area contributed by atoms with Gasteiger partial charge in [0.25, 0.3) is 5.56 Å². The average molecular weight is 535 g/mol. The Balaban J connectivity index is 1.64. The van der Waals surface area contributed by atoms with E-state index in [0.717, 1.165) is 0 Å². The van der Waals surface area contributed by atoms with E-state index in [1.807, 2.05) is 0 Å². The third-order valence-electron chi connectivity index (χ3n) is 4.67. The van der Waals surface area contributed by atoms with Crippen LogP contribution in [0.25, 0.3) is 11.0 Å². The number of alkyl halides is 3. The molecule has 0 fully saturated rings. The highest BCUT2D eigenvalue weighted by molar-refractivity contribution is 9.11. The van der Waals surface area contributed by atoms with E-state index in [-0.39, 0.29) is 36.2 Å². The standard InChI is InChI=1S/C18H12Br2F3N3O3/c19-9-3-10-14(27)8(7-29-15(10)12(20)4-9)5-26-2-1-13-11(6-26)16(28)25-17(24-13)18(21,22)23/h3-4,7H,1-2,5-6H2,(H,24,25,28). The third-order valence-corrected chi connectivity index (χ3v) is 5.72. The summed E-state index contributed by atoms with van der Waals surface area (Å²) in [6.07, 6.45) is -3.16. The van der Waals surface area contributed by atoms with Gasteiger partial charge in [-0.05, 0) is 28.1 Å². The van der Waals surface area contributed by atoms with Crippen molar-refractivity contribution in [2.75, 3.05) is 6.54 Å². The second kappa shape index (κ2) is 7.37. The maximum absolute atomic E-state index is 12.8. The molecule has 0 saturated carbocycles. The summed E-state index contributed by atoms with van der Waals surface area (Å²) in [6.45, 7) is 0.651. The van der Waals surface area contributed by atoms with E-state index in [4.69, 9.17) is 4.42 Å². The number of nitrogens with zero attached hydrogens (tertiary/aromatic N) is 2. The van der Waals surface area contributed by atoms with Gasteiger partial charge in [0.2, 0.25) is 5.82 Å². The summed E-state index contributed by atoms with van der Waals surface area (Å²) in [5, 5.41) is 0.399. The fourth-order valence-corrected chi connectivity index (χ4v) is 4.62. The van der Waals surface area contributed by atoms with Crippen molar-refractivity contribution in [2.45, 2.75) is 25.7 Å². The number of hydrogen-bond acceptors (Lipinski definition) is 5. The van der Waals surface area contributed by atoms with Gasteiger partial charge in [0.05, 0.1) is 27.4 Å². The first-order valence-electron chi connectivity index (χ1n) is 8.44. The molecular weight excluding hydrogens is 523 g/mol. The third kappa shape index (κ3) is 3.90. The van der Waals surface area contributed by atoms with Crippen molar-refractivity contribution < 1.29 is 17.6 Å². The molecule has 0 saturated heterocycles. The zero-order valence-corrected chi connectivity index (χ0v) is 17.7. The predicted octanol–water partition coefficient (Wildman–Crippen LogP) is 3.98. The van der Waals surface area contributed by atoms with E-state index < -0.39 is 17.6 Å². The summed E-state index contributed by atoms with van der Waals surface area (Å²) in [6, 6.07) is 3.43. The lowest BCUT2D eigenvalue weighted by Crippen LogP contribution is -2.37. The predicted molar refractivity (Wildman–Crippen MR) is 106 cm³/mol. The molecule has 0 spiro atoms. The van der Waals surface area contributed by atoms with Crippen LogP contribution in [-0.2, 0) is 25.7 Å². The van der Waals surface area contributed by atoms with Crippen molar-refractivity contribution >= 4 is 42.8 Å². The van der Waals surface area contributed by atoms with E-state index in [1.54, 1.807) is 22.0 Å². The van der Waals surface area contributed by atoms with Gasteiger partial charge >= 0.3 is 6.18 Å². The van der Waals surface area contributed by atoms with Crippen LogP contribution in [0.15, 0.2) is 41.3 Å². The summed E-state index contributed by atoms with van der Waals surface area (Å²) in [5.74, 6) is -1.29. The lowest BCUT2D eigenvalue weighted by molar-refractivity contribution is -0.145. The number of benzene rings is 1. The molecule has 6 nitrogen and oxygen atoms in total. The number of H-pyrrole nitrogens is 1. The van der Waals surface area contributed by atoms with Crippen LogP contribution in [0, 0.1) is 0 Å². The summed E-state index contributed by atoms with van der Waals surface area (Å²) in [4.78, 5) is 32.1. The highest BCUT2D eigenvalue weighted by Crippen LogP contribution is 2.28. The van der Waals surface area contributed by atoms with Crippen LogP contribution in [0.3, 0.4) is 0 Å². The van der Waals surface area contributed by atoms with Gasteiger partial charge in [-0.1, -0.05) is 15.9 Å². The molecule has 0 unspecified atom stereocenters. The molecule has 0 atom stereocenters. The Morgan fingerprint density at radius 2 is 2.00 bits per heavy atom. The zero-order chi connectivity index (χ0) is 20.9. The van der Waals surface area contributed by atoms with Crippen molar-refractivity contribution in [3.05, 3.63) is 70.6 Å². The molecular formula is C18H12Br2F3N3O3. The highest BCUT2D eigenvalue weighted by Gasteiger charge is 2.36. The van der Waals surface area contributed by atoms with Gasteiger partial charge in [0.1, 0.15) is 0 Å². The normalized spacial score (nSPS) is 14.9. The first-order chi connectivity index (χ1) is 13.6. The minimum absolute atomic E-state index is 0.0927. The minimum atomic E-state index is -4.71. The molecule has 2 aromatic heterocycles. The maximum Gasteiger partial charge on any atom is 0.449 e. The van der Waals surface area contributed by atoms with Gasteiger partial charge in [0.15, 0.2) is 11.0 Å². The molecule has 29 heavy (non-hydrogen) atoms. The van der Waals surface area contributed by atoms with Crippen molar-refractivity contribution in [3.8, 4) is 0 Å². The second-order valence-corrected chi connectivity index (χ2v) is 8.42. The Hall–Kier alpha value is -1.98. The smallest absolute Gasteiger partial charge is 0.449 e. The van der Waals surface area contributed by atoms with Gasteiger partial charge in [-0.2, -0.15) is 13.2 Å². The van der Waals surface area contributed by atoms with Crippen LogP contribution >= 0.6 is 31.9 Å². The zero-order valence-electron chi connectivity index (χ0n) is 14.6. The van der Waals surface area contributed by atoms with Crippen LogP contribution in [0.5, 0.6) is 0 Å². The molecule has 1 aliphatic rings. The van der Waals surface area contributed by atoms with Crippen molar-refractivity contribution in [1.82, 2.24) is 14.9 Å². The molecule has 0 bridgehead atoms. The van der Waals surface area contributed by atoms with Crippen LogP contribution in [-0.4, -0.2) is 21.4 Å². The van der Waals surface area contributed by atoms with Gasteiger partial charge in [-0.25, -0.2) is 4.98 Å². The Morgan fingerprint density at radius 1 is 1.24 bits per heavy atom. The number of aromatic amines is 1. The van der Waals surface area contributed by atoms with Crippen LogP contribution in [0.2, 0.25) is 0 Å². The molecule has 0 radical (unpaired) electrons. The Kier molecular flexibility index (Phi) is 5.16. The molecule has 11 heteroatoms. The molecule has 0 aliphatic carbocycles. The SMILES string of the molecule is O=c1[nH]c(C(F)(F)F)nc2c1CN(Cc1coc3c(Br)cc(Br)cc3c1=O)CC2. The number of hydrogen-bond donors (Lipinski definition) is 1.